The normalized spacial score (nSPS) is 13.6. The summed E-state index contributed by atoms with van der Waals surface area (Å²) in [6.45, 7) is 0. The molecule has 0 N–H and O–H groups in total. The molecule has 3 heteroatoms. The molecule has 0 fully saturated rings. The van der Waals surface area contributed by atoms with Crippen LogP contribution in [0.2, 0.25) is 5.02 Å². The van der Waals surface area contributed by atoms with Gasteiger partial charge in [-0.1, -0.05) is 23.7 Å². The third-order valence-corrected chi connectivity index (χ3v) is 2.09. The Morgan fingerprint density at radius 1 is 1.33 bits per heavy atom. The summed E-state index contributed by atoms with van der Waals surface area (Å²) in [6, 6.07) is 7.37. The molecule has 1 atom stereocenters. The van der Waals surface area contributed by atoms with Crippen molar-refractivity contribution in [2.75, 3.05) is 6.26 Å². The largest absolute Gasteiger partial charge is 0.612 e. The molecule has 12 heavy (non-hydrogen) atoms. The van der Waals surface area contributed by atoms with Crippen molar-refractivity contribution in [2.24, 2.45) is 0 Å². The Labute approximate surface area is 80.2 Å². The van der Waals surface area contributed by atoms with E-state index >= 15 is 0 Å². The van der Waals surface area contributed by atoms with Crippen LogP contribution in [0.25, 0.3) is 6.08 Å². The predicted octanol–water partition coefficient (Wildman–Crippen LogP) is 2.69. The van der Waals surface area contributed by atoms with Crippen LogP contribution >= 0.6 is 11.6 Å². The van der Waals surface area contributed by atoms with Gasteiger partial charge in [0.2, 0.25) is 0 Å². The van der Waals surface area contributed by atoms with Crippen LogP contribution in [0.1, 0.15) is 5.56 Å². The molecule has 1 aromatic carbocycles. The molecule has 0 saturated heterocycles. The summed E-state index contributed by atoms with van der Waals surface area (Å²) in [5.74, 6) is 0. The SMILES string of the molecule is C[S+]([O-])C=Cc1ccc(Cl)cc1. The molecular formula is C9H9ClOS. The molecule has 0 aliphatic heterocycles. The standard InChI is InChI=1S/C9H9ClOS/c1-12(11)7-6-8-2-4-9(10)5-3-8/h2-7H,1H3. The minimum atomic E-state index is -0.885. The van der Waals surface area contributed by atoms with Crippen LogP contribution in [0, 0.1) is 0 Å². The second-order valence-corrected chi connectivity index (χ2v) is 4.06. The average molecular weight is 201 g/mol. The van der Waals surface area contributed by atoms with Gasteiger partial charge in [-0.2, -0.15) is 0 Å². The first-order valence-electron chi connectivity index (χ1n) is 3.44. The Balaban J connectivity index is 2.71. The van der Waals surface area contributed by atoms with Crippen molar-refractivity contribution in [3.63, 3.8) is 0 Å². The van der Waals surface area contributed by atoms with Crippen molar-refractivity contribution in [1.29, 1.82) is 0 Å². The van der Waals surface area contributed by atoms with Gasteiger partial charge in [0.25, 0.3) is 0 Å². The van der Waals surface area contributed by atoms with E-state index in [-0.39, 0.29) is 0 Å². The molecular weight excluding hydrogens is 192 g/mol. The summed E-state index contributed by atoms with van der Waals surface area (Å²) in [7, 11) is 0. The second-order valence-electron chi connectivity index (χ2n) is 2.35. The average Bonchev–Trinajstić information content (AvgIpc) is 2.03. The summed E-state index contributed by atoms with van der Waals surface area (Å²) >= 11 is 4.81. The highest BCUT2D eigenvalue weighted by atomic mass is 35.5. The van der Waals surface area contributed by atoms with Gasteiger partial charge in [0.15, 0.2) is 0 Å². The highest BCUT2D eigenvalue weighted by molar-refractivity contribution is 7.93. The van der Waals surface area contributed by atoms with Gasteiger partial charge in [0.05, 0.1) is 6.26 Å². The van der Waals surface area contributed by atoms with E-state index in [2.05, 4.69) is 0 Å². The van der Waals surface area contributed by atoms with Crippen LogP contribution in [0.4, 0.5) is 0 Å². The summed E-state index contributed by atoms with van der Waals surface area (Å²) in [6.07, 6.45) is 3.44. The molecule has 1 rings (SSSR count). The molecule has 0 radical (unpaired) electrons. The van der Waals surface area contributed by atoms with E-state index in [0.29, 0.717) is 5.02 Å². The molecule has 0 heterocycles. The molecule has 0 aliphatic rings. The van der Waals surface area contributed by atoms with Crippen molar-refractivity contribution in [3.05, 3.63) is 40.3 Å². The lowest BCUT2D eigenvalue weighted by molar-refractivity contribution is 0.609. The summed E-state index contributed by atoms with van der Waals surface area (Å²) in [5, 5.41) is 2.35. The van der Waals surface area contributed by atoms with E-state index < -0.39 is 11.2 Å². The molecule has 0 amide bonds. The first-order chi connectivity index (χ1) is 5.68. The third-order valence-electron chi connectivity index (χ3n) is 1.32. The Morgan fingerprint density at radius 2 is 1.92 bits per heavy atom. The van der Waals surface area contributed by atoms with E-state index in [4.69, 9.17) is 11.6 Å². The van der Waals surface area contributed by atoms with E-state index in [1.54, 1.807) is 23.8 Å². The molecule has 64 valence electrons. The Hall–Kier alpha value is -0.440. The molecule has 0 aromatic heterocycles. The van der Waals surface area contributed by atoms with E-state index in [1.165, 1.54) is 0 Å². The van der Waals surface area contributed by atoms with Crippen molar-refractivity contribution >= 4 is 28.9 Å². The maximum atomic E-state index is 10.7. The molecule has 0 bridgehead atoms. The monoisotopic (exact) mass is 200 g/mol. The maximum absolute atomic E-state index is 10.7. The molecule has 0 aliphatic carbocycles. The number of hydrogen-bond donors (Lipinski definition) is 0. The quantitative estimate of drug-likeness (QED) is 0.674. The van der Waals surface area contributed by atoms with Gasteiger partial charge in [0.1, 0.15) is 5.41 Å². The number of halogens is 1. The van der Waals surface area contributed by atoms with Crippen LogP contribution < -0.4 is 0 Å². The zero-order valence-corrected chi connectivity index (χ0v) is 8.23. The maximum Gasteiger partial charge on any atom is 0.117 e. The smallest absolute Gasteiger partial charge is 0.117 e. The summed E-state index contributed by atoms with van der Waals surface area (Å²) in [5.41, 5.74) is 1.01. The lowest BCUT2D eigenvalue weighted by atomic mass is 10.2. The fourth-order valence-corrected chi connectivity index (χ4v) is 1.22. The number of hydrogen-bond acceptors (Lipinski definition) is 1. The van der Waals surface area contributed by atoms with Gasteiger partial charge in [-0.05, 0) is 34.9 Å². The van der Waals surface area contributed by atoms with Crippen LogP contribution in [0.3, 0.4) is 0 Å². The zero-order valence-electron chi connectivity index (χ0n) is 6.66. The fraction of sp³-hybridized carbons (Fsp3) is 0.111. The van der Waals surface area contributed by atoms with Crippen molar-refractivity contribution in [3.8, 4) is 0 Å². The Bertz CT molecular complexity index is 266. The van der Waals surface area contributed by atoms with Crippen molar-refractivity contribution in [2.45, 2.75) is 0 Å². The topological polar surface area (TPSA) is 23.1 Å². The first-order valence-corrected chi connectivity index (χ1v) is 5.44. The molecule has 1 aromatic rings. The van der Waals surface area contributed by atoms with Crippen LogP contribution in [0.5, 0.6) is 0 Å². The Kier molecular flexibility index (Phi) is 3.66. The lowest BCUT2D eigenvalue weighted by Gasteiger charge is -1.95. The van der Waals surface area contributed by atoms with Crippen LogP contribution in [-0.2, 0) is 11.2 Å². The van der Waals surface area contributed by atoms with Gasteiger partial charge in [-0.3, -0.25) is 0 Å². The van der Waals surface area contributed by atoms with Gasteiger partial charge in [-0.15, -0.1) is 0 Å². The lowest BCUT2D eigenvalue weighted by Crippen LogP contribution is -1.87. The van der Waals surface area contributed by atoms with Gasteiger partial charge < -0.3 is 4.55 Å². The zero-order chi connectivity index (χ0) is 8.97. The van der Waals surface area contributed by atoms with E-state index in [0.717, 1.165) is 5.56 Å². The Morgan fingerprint density at radius 3 is 2.42 bits per heavy atom. The molecule has 0 saturated carbocycles. The highest BCUT2D eigenvalue weighted by Gasteiger charge is 1.90. The first kappa shape index (κ1) is 9.65. The highest BCUT2D eigenvalue weighted by Crippen LogP contribution is 2.10. The minimum Gasteiger partial charge on any atom is -0.612 e. The van der Waals surface area contributed by atoms with Crippen molar-refractivity contribution in [1.82, 2.24) is 0 Å². The van der Waals surface area contributed by atoms with Crippen molar-refractivity contribution < 1.29 is 4.55 Å². The molecule has 1 nitrogen and oxygen atoms in total. The van der Waals surface area contributed by atoms with Gasteiger partial charge >= 0.3 is 0 Å². The third kappa shape index (κ3) is 3.30. The molecule has 0 spiro atoms. The minimum absolute atomic E-state index is 0.713. The van der Waals surface area contributed by atoms with Crippen LogP contribution in [-0.4, -0.2) is 10.8 Å². The summed E-state index contributed by atoms with van der Waals surface area (Å²) < 4.78 is 10.7. The number of benzene rings is 1. The second kappa shape index (κ2) is 4.55. The van der Waals surface area contributed by atoms with Gasteiger partial charge in [-0.25, -0.2) is 0 Å². The van der Waals surface area contributed by atoms with Crippen LogP contribution in [0.15, 0.2) is 29.7 Å². The van der Waals surface area contributed by atoms with Gasteiger partial charge in [0, 0.05) is 5.02 Å². The molecule has 1 unspecified atom stereocenters. The van der Waals surface area contributed by atoms with E-state index in [9.17, 15) is 4.55 Å². The van der Waals surface area contributed by atoms with E-state index in [1.807, 2.05) is 18.2 Å². The fourth-order valence-electron chi connectivity index (χ4n) is 0.748. The predicted molar refractivity (Wildman–Crippen MR) is 54.6 cm³/mol. The summed E-state index contributed by atoms with van der Waals surface area (Å²) in [4.78, 5) is 0. The number of rotatable bonds is 2.